The van der Waals surface area contributed by atoms with Gasteiger partial charge in [-0.15, -0.1) is 0 Å². The van der Waals surface area contributed by atoms with E-state index in [9.17, 15) is 27.2 Å². The summed E-state index contributed by atoms with van der Waals surface area (Å²) in [5.74, 6) is -2.30. The van der Waals surface area contributed by atoms with E-state index in [1.54, 1.807) is 0 Å². The van der Waals surface area contributed by atoms with E-state index >= 15 is 0 Å². The number of carbonyl (C=O) groups is 2. The van der Waals surface area contributed by atoms with Crippen molar-refractivity contribution in [3.8, 4) is 0 Å². The summed E-state index contributed by atoms with van der Waals surface area (Å²) < 4.78 is 50.7. The van der Waals surface area contributed by atoms with Gasteiger partial charge in [0.15, 0.2) is 6.04 Å². The molecule has 1 aliphatic rings. The second-order valence-corrected chi connectivity index (χ2v) is 5.18. The van der Waals surface area contributed by atoms with Gasteiger partial charge < -0.3 is 10.4 Å². The Balaban J connectivity index is 2.24. The molecule has 0 radical (unpaired) electrons. The first kappa shape index (κ1) is 16.3. The van der Waals surface area contributed by atoms with Crippen molar-refractivity contribution in [1.82, 2.24) is 5.32 Å². The summed E-state index contributed by atoms with van der Waals surface area (Å²) in [7, 11) is 0. The zero-order valence-electron chi connectivity index (χ0n) is 11.3. The molecule has 1 aromatic carbocycles. The third kappa shape index (κ3) is 3.05. The van der Waals surface area contributed by atoms with Crippen LogP contribution in [0.3, 0.4) is 0 Å². The Bertz CT molecular complexity index is 596. The molecule has 0 heterocycles. The lowest BCUT2D eigenvalue weighted by molar-refractivity contribution is -0.142. The molecule has 8 heteroatoms. The molecule has 22 heavy (non-hydrogen) atoms. The Labute approximate surface area is 123 Å². The fraction of sp³-hybridized carbons (Fsp3) is 0.429. The molecule has 1 saturated carbocycles. The highest BCUT2D eigenvalue weighted by Gasteiger charge is 2.52. The predicted octanol–water partition coefficient (Wildman–Crippen LogP) is 2.28. The third-order valence-electron chi connectivity index (χ3n) is 3.68. The van der Waals surface area contributed by atoms with Gasteiger partial charge >= 0.3 is 12.1 Å². The topological polar surface area (TPSA) is 66.4 Å². The number of benzene rings is 1. The molecule has 0 saturated heterocycles. The highest BCUT2D eigenvalue weighted by molar-refractivity contribution is 5.94. The Hall–Kier alpha value is -2.12. The Kier molecular flexibility index (Phi) is 4.12. The standard InChI is InChI=1S/C14H13F4NO3/c15-7-10(11(20)21)19-12(22)13(4-5-13)8-2-1-3-9(6-8)14(16,17)18/h1-3,6,10H,4-5,7H2,(H,19,22)(H,20,21). The van der Waals surface area contributed by atoms with Gasteiger partial charge in [-0.05, 0) is 24.5 Å². The number of nitrogens with one attached hydrogen (secondary N) is 1. The minimum atomic E-state index is -4.54. The van der Waals surface area contributed by atoms with Gasteiger partial charge in [-0.3, -0.25) is 4.79 Å². The monoisotopic (exact) mass is 319 g/mol. The van der Waals surface area contributed by atoms with Crippen molar-refractivity contribution >= 4 is 11.9 Å². The molecule has 1 amide bonds. The number of carbonyl (C=O) groups excluding carboxylic acids is 1. The summed E-state index contributed by atoms with van der Waals surface area (Å²) in [6, 6.07) is 2.63. The Morgan fingerprint density at radius 1 is 1.32 bits per heavy atom. The quantitative estimate of drug-likeness (QED) is 0.818. The van der Waals surface area contributed by atoms with Crippen LogP contribution >= 0.6 is 0 Å². The second-order valence-electron chi connectivity index (χ2n) is 5.18. The normalized spacial score (nSPS) is 17.6. The lowest BCUT2D eigenvalue weighted by Gasteiger charge is -2.19. The van der Waals surface area contributed by atoms with Gasteiger partial charge in [-0.2, -0.15) is 13.2 Å². The summed E-state index contributed by atoms with van der Waals surface area (Å²) in [6.45, 7) is -1.29. The Morgan fingerprint density at radius 3 is 2.41 bits per heavy atom. The van der Waals surface area contributed by atoms with Crippen molar-refractivity contribution in [3.05, 3.63) is 35.4 Å². The molecule has 4 nitrogen and oxygen atoms in total. The molecule has 0 spiro atoms. The molecule has 1 atom stereocenters. The van der Waals surface area contributed by atoms with Crippen LogP contribution in [0.4, 0.5) is 17.6 Å². The van der Waals surface area contributed by atoms with Crippen LogP contribution in [-0.4, -0.2) is 29.7 Å². The maximum atomic E-state index is 12.7. The number of aliphatic carboxylic acids is 1. The molecule has 0 aliphatic heterocycles. The summed E-state index contributed by atoms with van der Waals surface area (Å²) in [4.78, 5) is 22.9. The van der Waals surface area contributed by atoms with E-state index in [1.165, 1.54) is 12.1 Å². The number of carboxylic acid groups (broad SMARTS) is 1. The van der Waals surface area contributed by atoms with Gasteiger partial charge in [0.1, 0.15) is 6.67 Å². The van der Waals surface area contributed by atoms with Crippen LogP contribution in [0.5, 0.6) is 0 Å². The molecule has 2 N–H and O–H groups in total. The minimum Gasteiger partial charge on any atom is -0.480 e. The average molecular weight is 319 g/mol. The maximum Gasteiger partial charge on any atom is 0.416 e. The number of halogens is 4. The molecule has 2 rings (SSSR count). The molecule has 0 aromatic heterocycles. The number of alkyl halides is 4. The fourth-order valence-corrected chi connectivity index (χ4v) is 2.23. The molecule has 1 aromatic rings. The van der Waals surface area contributed by atoms with Crippen LogP contribution in [0.1, 0.15) is 24.0 Å². The number of hydrogen-bond acceptors (Lipinski definition) is 2. The van der Waals surface area contributed by atoms with E-state index in [1.807, 2.05) is 5.32 Å². The van der Waals surface area contributed by atoms with E-state index < -0.39 is 41.7 Å². The van der Waals surface area contributed by atoms with E-state index in [0.717, 1.165) is 12.1 Å². The van der Waals surface area contributed by atoms with E-state index in [-0.39, 0.29) is 5.56 Å². The maximum absolute atomic E-state index is 12.7. The predicted molar refractivity (Wildman–Crippen MR) is 67.9 cm³/mol. The van der Waals surface area contributed by atoms with E-state index in [2.05, 4.69) is 0 Å². The van der Waals surface area contributed by atoms with Gasteiger partial charge in [0.2, 0.25) is 5.91 Å². The molecule has 1 aliphatic carbocycles. The van der Waals surface area contributed by atoms with Gasteiger partial charge in [0.25, 0.3) is 0 Å². The first-order chi connectivity index (χ1) is 10.2. The average Bonchev–Trinajstić information content (AvgIpc) is 3.25. The van der Waals surface area contributed by atoms with Crippen molar-refractivity contribution in [1.29, 1.82) is 0 Å². The van der Waals surface area contributed by atoms with Crippen LogP contribution in [0.25, 0.3) is 0 Å². The van der Waals surface area contributed by atoms with E-state index in [4.69, 9.17) is 5.11 Å². The Morgan fingerprint density at radius 2 is 1.95 bits per heavy atom. The number of hydrogen-bond donors (Lipinski definition) is 2. The van der Waals surface area contributed by atoms with Crippen LogP contribution in [0.15, 0.2) is 24.3 Å². The summed E-state index contributed by atoms with van der Waals surface area (Å²) in [6.07, 6.45) is -3.96. The van der Waals surface area contributed by atoms with Crippen LogP contribution in [0, 0.1) is 0 Å². The molecular formula is C14H13F4NO3. The largest absolute Gasteiger partial charge is 0.480 e. The van der Waals surface area contributed by atoms with Crippen LogP contribution in [0.2, 0.25) is 0 Å². The zero-order valence-corrected chi connectivity index (χ0v) is 11.3. The SMILES string of the molecule is O=C(O)C(CF)NC(=O)C1(c2cccc(C(F)(F)F)c2)CC1. The molecular weight excluding hydrogens is 306 g/mol. The smallest absolute Gasteiger partial charge is 0.416 e. The third-order valence-corrected chi connectivity index (χ3v) is 3.68. The van der Waals surface area contributed by atoms with E-state index in [0.29, 0.717) is 12.8 Å². The van der Waals surface area contributed by atoms with Gasteiger partial charge in [-0.25, -0.2) is 9.18 Å². The highest BCUT2D eigenvalue weighted by atomic mass is 19.4. The first-order valence-corrected chi connectivity index (χ1v) is 6.48. The number of rotatable bonds is 5. The second kappa shape index (κ2) is 5.58. The first-order valence-electron chi connectivity index (χ1n) is 6.48. The van der Waals surface area contributed by atoms with Crippen molar-refractivity contribution in [2.75, 3.05) is 6.67 Å². The number of amides is 1. The fourth-order valence-electron chi connectivity index (χ4n) is 2.23. The van der Waals surface area contributed by atoms with Crippen molar-refractivity contribution in [3.63, 3.8) is 0 Å². The summed E-state index contributed by atoms with van der Waals surface area (Å²) >= 11 is 0. The highest BCUT2D eigenvalue weighted by Crippen LogP contribution is 2.49. The summed E-state index contributed by atoms with van der Waals surface area (Å²) in [5.41, 5.74) is -1.93. The lowest BCUT2D eigenvalue weighted by atomic mass is 9.93. The molecule has 120 valence electrons. The van der Waals surface area contributed by atoms with Gasteiger partial charge in [0, 0.05) is 0 Å². The van der Waals surface area contributed by atoms with Crippen molar-refractivity contribution in [2.24, 2.45) is 0 Å². The minimum absolute atomic E-state index is 0.155. The van der Waals surface area contributed by atoms with Crippen molar-refractivity contribution < 1.29 is 32.3 Å². The lowest BCUT2D eigenvalue weighted by Crippen LogP contribution is -2.46. The van der Waals surface area contributed by atoms with Crippen LogP contribution < -0.4 is 5.32 Å². The van der Waals surface area contributed by atoms with Gasteiger partial charge in [-0.1, -0.05) is 18.2 Å². The van der Waals surface area contributed by atoms with Crippen LogP contribution in [-0.2, 0) is 21.2 Å². The molecule has 1 unspecified atom stereocenters. The van der Waals surface area contributed by atoms with Crippen molar-refractivity contribution in [2.45, 2.75) is 30.5 Å². The van der Waals surface area contributed by atoms with Gasteiger partial charge in [0.05, 0.1) is 11.0 Å². The molecule has 0 bridgehead atoms. The molecule has 1 fully saturated rings. The number of carboxylic acids is 1. The zero-order chi connectivity index (χ0) is 16.5. The summed E-state index contributed by atoms with van der Waals surface area (Å²) in [5, 5.41) is 10.8.